The largest absolute Gasteiger partial charge is 0.495 e. The second-order valence-corrected chi connectivity index (χ2v) is 6.53. The molecular weight excluding hydrogens is 326 g/mol. The Morgan fingerprint density at radius 3 is 2.73 bits per heavy atom. The van der Waals surface area contributed by atoms with Crippen LogP contribution in [0.1, 0.15) is 24.1 Å². The van der Waals surface area contributed by atoms with E-state index in [1.165, 1.54) is 11.1 Å². The highest BCUT2D eigenvalue weighted by Gasteiger charge is 2.25. The third-order valence-corrected chi connectivity index (χ3v) is 4.85. The van der Waals surface area contributed by atoms with Crippen LogP contribution in [0.2, 0.25) is 0 Å². The van der Waals surface area contributed by atoms with Crippen molar-refractivity contribution in [1.29, 1.82) is 0 Å². The smallest absolute Gasteiger partial charge is 0.238 e. The normalized spacial score (nSPS) is 17.7. The summed E-state index contributed by atoms with van der Waals surface area (Å²) in [7, 11) is 1.61. The highest BCUT2D eigenvalue weighted by atomic mass is 16.5. The van der Waals surface area contributed by atoms with Crippen molar-refractivity contribution in [2.24, 2.45) is 0 Å². The van der Waals surface area contributed by atoms with Crippen LogP contribution in [0.15, 0.2) is 48.5 Å². The number of para-hydroxylation sites is 2. The molecule has 0 aliphatic carbocycles. The van der Waals surface area contributed by atoms with E-state index >= 15 is 0 Å². The molecule has 0 saturated carbocycles. The van der Waals surface area contributed by atoms with Crippen molar-refractivity contribution in [2.45, 2.75) is 19.4 Å². The fourth-order valence-corrected chi connectivity index (χ4v) is 3.36. The van der Waals surface area contributed by atoms with Crippen molar-refractivity contribution in [3.63, 3.8) is 0 Å². The van der Waals surface area contributed by atoms with E-state index in [0.717, 1.165) is 26.1 Å². The molecule has 0 aromatic heterocycles. The van der Waals surface area contributed by atoms with E-state index in [1.54, 1.807) is 7.11 Å². The summed E-state index contributed by atoms with van der Waals surface area (Å²) in [6.45, 7) is 5.12. The van der Waals surface area contributed by atoms with Gasteiger partial charge in [-0.3, -0.25) is 9.69 Å². The number of piperazine rings is 1. The van der Waals surface area contributed by atoms with Gasteiger partial charge in [0.25, 0.3) is 0 Å². The maximum absolute atomic E-state index is 12.6. The molecule has 1 amide bonds. The summed E-state index contributed by atoms with van der Waals surface area (Å²) in [5.41, 5.74) is 3.29. The molecule has 0 bridgehead atoms. The monoisotopic (exact) mass is 353 g/mol. The molecule has 1 fully saturated rings. The molecule has 5 heteroatoms. The van der Waals surface area contributed by atoms with E-state index in [-0.39, 0.29) is 11.9 Å². The first-order chi connectivity index (χ1) is 12.7. The van der Waals surface area contributed by atoms with Crippen LogP contribution in [0, 0.1) is 0 Å². The Hall–Kier alpha value is -2.37. The van der Waals surface area contributed by atoms with Gasteiger partial charge >= 0.3 is 0 Å². The Labute approximate surface area is 155 Å². The maximum Gasteiger partial charge on any atom is 0.238 e. The number of amides is 1. The number of carbonyl (C=O) groups is 1. The topological polar surface area (TPSA) is 53.6 Å². The summed E-state index contributed by atoms with van der Waals surface area (Å²) in [6.07, 6.45) is 1.04. The van der Waals surface area contributed by atoms with Gasteiger partial charge in [-0.1, -0.05) is 43.3 Å². The van der Waals surface area contributed by atoms with Crippen molar-refractivity contribution in [1.82, 2.24) is 10.2 Å². The molecule has 1 heterocycles. The molecule has 1 atom stereocenters. The molecule has 138 valence electrons. The van der Waals surface area contributed by atoms with Crippen molar-refractivity contribution < 1.29 is 9.53 Å². The zero-order chi connectivity index (χ0) is 18.4. The van der Waals surface area contributed by atoms with Gasteiger partial charge < -0.3 is 15.4 Å². The molecule has 1 aliphatic rings. The summed E-state index contributed by atoms with van der Waals surface area (Å²) in [6, 6.07) is 16.4. The zero-order valence-corrected chi connectivity index (χ0v) is 15.5. The third-order valence-electron chi connectivity index (χ3n) is 4.85. The highest BCUT2D eigenvalue weighted by Crippen LogP contribution is 2.25. The standard InChI is InChI=1S/C21H27N3O2/c1-3-16-8-10-17(11-9-16)19-14-22-12-13-24(19)15-21(25)23-18-6-4-5-7-20(18)26-2/h4-11,19,22H,3,12-15H2,1-2H3,(H,23,25). The Morgan fingerprint density at radius 1 is 1.23 bits per heavy atom. The minimum Gasteiger partial charge on any atom is -0.495 e. The lowest BCUT2D eigenvalue weighted by Crippen LogP contribution is -2.48. The van der Waals surface area contributed by atoms with Gasteiger partial charge in [-0.05, 0) is 29.7 Å². The summed E-state index contributed by atoms with van der Waals surface area (Å²) in [5, 5.41) is 6.41. The summed E-state index contributed by atoms with van der Waals surface area (Å²) in [5.74, 6) is 0.652. The van der Waals surface area contributed by atoms with Crippen LogP contribution in [-0.2, 0) is 11.2 Å². The van der Waals surface area contributed by atoms with Crippen LogP contribution in [0.4, 0.5) is 5.69 Å². The molecular formula is C21H27N3O2. The Kier molecular flexibility index (Phi) is 6.26. The Bertz CT molecular complexity index is 730. The first-order valence-electron chi connectivity index (χ1n) is 9.17. The fourth-order valence-electron chi connectivity index (χ4n) is 3.36. The van der Waals surface area contributed by atoms with Gasteiger partial charge in [0.05, 0.1) is 19.3 Å². The van der Waals surface area contributed by atoms with Crippen LogP contribution in [0.25, 0.3) is 0 Å². The molecule has 1 aliphatic heterocycles. The number of aryl methyl sites for hydroxylation is 1. The molecule has 0 spiro atoms. The molecule has 26 heavy (non-hydrogen) atoms. The molecule has 0 radical (unpaired) electrons. The number of methoxy groups -OCH3 is 1. The fraction of sp³-hybridized carbons (Fsp3) is 0.381. The van der Waals surface area contributed by atoms with Crippen molar-refractivity contribution in [3.05, 3.63) is 59.7 Å². The van der Waals surface area contributed by atoms with Crippen LogP contribution in [-0.4, -0.2) is 44.1 Å². The van der Waals surface area contributed by atoms with Crippen LogP contribution in [0.5, 0.6) is 5.75 Å². The van der Waals surface area contributed by atoms with Gasteiger partial charge in [-0.2, -0.15) is 0 Å². The zero-order valence-electron chi connectivity index (χ0n) is 15.5. The molecule has 2 N–H and O–H groups in total. The van der Waals surface area contributed by atoms with E-state index in [9.17, 15) is 4.79 Å². The summed E-state index contributed by atoms with van der Waals surface area (Å²) < 4.78 is 5.31. The van der Waals surface area contributed by atoms with Gasteiger partial charge in [-0.25, -0.2) is 0 Å². The van der Waals surface area contributed by atoms with Crippen LogP contribution in [0.3, 0.4) is 0 Å². The molecule has 2 aromatic rings. The van der Waals surface area contributed by atoms with Crippen molar-refractivity contribution >= 4 is 11.6 Å². The van der Waals surface area contributed by atoms with Crippen LogP contribution < -0.4 is 15.4 Å². The number of ether oxygens (including phenoxy) is 1. The predicted octanol–water partition coefficient (Wildman–Crippen LogP) is 2.84. The lowest BCUT2D eigenvalue weighted by molar-refractivity contribution is -0.118. The predicted molar refractivity (Wildman–Crippen MR) is 105 cm³/mol. The average Bonchev–Trinajstić information content (AvgIpc) is 2.69. The first kappa shape index (κ1) is 18.4. The maximum atomic E-state index is 12.6. The van der Waals surface area contributed by atoms with Gasteiger partial charge in [0.2, 0.25) is 5.91 Å². The number of benzene rings is 2. The summed E-state index contributed by atoms with van der Waals surface area (Å²) >= 11 is 0. The average molecular weight is 353 g/mol. The second kappa shape index (κ2) is 8.83. The number of carbonyl (C=O) groups excluding carboxylic acids is 1. The number of anilines is 1. The summed E-state index contributed by atoms with van der Waals surface area (Å²) in [4.78, 5) is 14.8. The molecule has 5 nitrogen and oxygen atoms in total. The number of hydrogen-bond donors (Lipinski definition) is 2. The van der Waals surface area contributed by atoms with Crippen molar-refractivity contribution in [2.75, 3.05) is 38.6 Å². The van der Waals surface area contributed by atoms with Gasteiger partial charge in [-0.15, -0.1) is 0 Å². The molecule has 1 unspecified atom stereocenters. The molecule has 2 aromatic carbocycles. The lowest BCUT2D eigenvalue weighted by atomic mass is 10.0. The Balaban J connectivity index is 1.68. The molecule has 3 rings (SSSR count). The number of nitrogens with one attached hydrogen (secondary N) is 2. The molecule has 1 saturated heterocycles. The van der Waals surface area contributed by atoms with E-state index < -0.39 is 0 Å². The van der Waals surface area contributed by atoms with Gasteiger partial charge in [0.1, 0.15) is 5.75 Å². The second-order valence-electron chi connectivity index (χ2n) is 6.53. The number of hydrogen-bond acceptors (Lipinski definition) is 4. The Morgan fingerprint density at radius 2 is 2.00 bits per heavy atom. The van der Waals surface area contributed by atoms with E-state index in [4.69, 9.17) is 4.74 Å². The van der Waals surface area contributed by atoms with Gasteiger partial charge in [0, 0.05) is 25.7 Å². The highest BCUT2D eigenvalue weighted by molar-refractivity contribution is 5.93. The number of rotatable bonds is 6. The quantitative estimate of drug-likeness (QED) is 0.838. The minimum absolute atomic E-state index is 0.0217. The lowest BCUT2D eigenvalue weighted by Gasteiger charge is -2.36. The SMILES string of the molecule is CCc1ccc(C2CNCCN2CC(=O)Nc2ccccc2OC)cc1. The van der Waals surface area contributed by atoms with Crippen LogP contribution >= 0.6 is 0 Å². The number of nitrogens with zero attached hydrogens (tertiary/aromatic N) is 1. The van der Waals surface area contributed by atoms with E-state index in [0.29, 0.717) is 18.0 Å². The van der Waals surface area contributed by atoms with Gasteiger partial charge in [0.15, 0.2) is 0 Å². The first-order valence-corrected chi connectivity index (χ1v) is 9.17. The third kappa shape index (κ3) is 4.42. The van der Waals surface area contributed by atoms with E-state index in [1.807, 2.05) is 24.3 Å². The minimum atomic E-state index is -0.0217. The van der Waals surface area contributed by atoms with E-state index in [2.05, 4.69) is 46.7 Å². The van der Waals surface area contributed by atoms with Crippen molar-refractivity contribution in [3.8, 4) is 5.75 Å².